The summed E-state index contributed by atoms with van der Waals surface area (Å²) in [6, 6.07) is 5.98. The highest BCUT2D eigenvalue weighted by Gasteiger charge is 2.21. The summed E-state index contributed by atoms with van der Waals surface area (Å²) in [6.07, 6.45) is 5.56. The van der Waals surface area contributed by atoms with E-state index in [-0.39, 0.29) is 23.6 Å². The van der Waals surface area contributed by atoms with E-state index in [9.17, 15) is 18.7 Å². The van der Waals surface area contributed by atoms with Crippen LogP contribution in [0.4, 0.5) is 8.78 Å². The maximum Gasteiger partial charge on any atom is 0.266 e. The van der Waals surface area contributed by atoms with Gasteiger partial charge in [0, 0.05) is 24.2 Å². The van der Waals surface area contributed by atoms with Crippen molar-refractivity contribution in [2.24, 2.45) is 0 Å². The quantitative estimate of drug-likeness (QED) is 0.390. The molecule has 11 heteroatoms. The molecule has 0 unspecified atom stereocenters. The Bertz CT molecular complexity index is 1720. The number of hydrogen-bond acceptors (Lipinski definition) is 7. The van der Waals surface area contributed by atoms with Crippen LogP contribution in [0.3, 0.4) is 0 Å². The molecule has 0 bridgehead atoms. The van der Waals surface area contributed by atoms with Crippen LogP contribution in [-0.4, -0.2) is 39.4 Å². The molecule has 0 saturated carbocycles. The predicted octanol–water partition coefficient (Wildman–Crippen LogP) is 3.60. The molecule has 0 aliphatic heterocycles. The molecule has 5 heterocycles. The van der Waals surface area contributed by atoms with Crippen LogP contribution < -0.4 is 5.56 Å². The summed E-state index contributed by atoms with van der Waals surface area (Å²) < 4.78 is 30.4. The number of fused-ring (bicyclic) bond motifs is 1. The fraction of sp³-hybridized carbons (Fsp3) is 0.231. The third-order valence-corrected chi connectivity index (χ3v) is 5.98. The van der Waals surface area contributed by atoms with Crippen molar-refractivity contribution in [2.75, 3.05) is 0 Å². The topological polar surface area (TPSA) is 112 Å². The van der Waals surface area contributed by atoms with Crippen molar-refractivity contribution in [2.45, 2.75) is 39.8 Å². The third-order valence-electron chi connectivity index (χ3n) is 5.98. The highest BCUT2D eigenvalue weighted by atomic mass is 19.1. The van der Waals surface area contributed by atoms with E-state index in [1.54, 1.807) is 55.9 Å². The number of nitrogens with zero attached hydrogens (tertiary/aromatic N) is 7. The van der Waals surface area contributed by atoms with Crippen molar-refractivity contribution >= 4 is 10.9 Å². The van der Waals surface area contributed by atoms with Gasteiger partial charge in [-0.2, -0.15) is 5.10 Å². The lowest BCUT2D eigenvalue weighted by atomic mass is 10.1. The van der Waals surface area contributed by atoms with E-state index >= 15 is 0 Å². The zero-order valence-corrected chi connectivity index (χ0v) is 20.6. The first-order valence-corrected chi connectivity index (χ1v) is 11.4. The van der Waals surface area contributed by atoms with Crippen molar-refractivity contribution in [3.05, 3.63) is 93.8 Å². The molecule has 1 N–H and O–H groups in total. The predicted molar refractivity (Wildman–Crippen MR) is 132 cm³/mol. The Morgan fingerprint density at radius 3 is 2.51 bits per heavy atom. The van der Waals surface area contributed by atoms with Gasteiger partial charge in [-0.3, -0.25) is 24.0 Å². The summed E-state index contributed by atoms with van der Waals surface area (Å²) in [4.78, 5) is 30.5. The molecule has 5 rings (SSSR count). The van der Waals surface area contributed by atoms with Crippen LogP contribution in [0, 0.1) is 25.5 Å². The fourth-order valence-corrected chi connectivity index (χ4v) is 4.07. The van der Waals surface area contributed by atoms with Crippen molar-refractivity contribution in [3.8, 4) is 17.1 Å². The standard InChI is InChI=1S/C26H23F2N7O2/c1-14-10-30-20(19-5-6-29-25(33-19)26(3,4)37)9-22(14)35-15(2)7-23-17(24(35)36)12-32-34(23)13-21-18(28)8-16(27)11-31-21/h5-12,37H,13H2,1-4H3. The average molecular weight is 504 g/mol. The van der Waals surface area contributed by atoms with E-state index in [0.717, 1.165) is 17.8 Å². The second-order valence-corrected chi connectivity index (χ2v) is 9.29. The fourth-order valence-electron chi connectivity index (χ4n) is 4.07. The molecular formula is C26H23F2N7O2. The van der Waals surface area contributed by atoms with E-state index in [1.165, 1.54) is 10.9 Å². The average Bonchev–Trinajstić information content (AvgIpc) is 3.24. The molecule has 0 atom stereocenters. The Morgan fingerprint density at radius 1 is 1.00 bits per heavy atom. The lowest BCUT2D eigenvalue weighted by Crippen LogP contribution is -2.22. The van der Waals surface area contributed by atoms with E-state index in [1.807, 2.05) is 6.92 Å². The van der Waals surface area contributed by atoms with E-state index < -0.39 is 17.2 Å². The van der Waals surface area contributed by atoms with Gasteiger partial charge in [0.05, 0.1) is 52.6 Å². The Balaban J connectivity index is 1.60. The SMILES string of the molecule is Cc1cnc(-c2ccnc(C(C)(C)O)n2)cc1-n1c(C)cc2c(cnn2Cc2ncc(F)cc2F)c1=O. The van der Waals surface area contributed by atoms with E-state index in [4.69, 9.17) is 0 Å². The smallest absolute Gasteiger partial charge is 0.266 e. The molecule has 5 aromatic rings. The summed E-state index contributed by atoms with van der Waals surface area (Å²) in [7, 11) is 0. The molecule has 9 nitrogen and oxygen atoms in total. The zero-order chi connectivity index (χ0) is 26.5. The minimum atomic E-state index is -1.23. The second-order valence-electron chi connectivity index (χ2n) is 9.29. The molecule has 0 fully saturated rings. The molecule has 0 amide bonds. The van der Waals surface area contributed by atoms with Crippen LogP contribution in [0.1, 0.15) is 36.6 Å². The molecule has 0 spiro atoms. The van der Waals surface area contributed by atoms with Crippen LogP contribution >= 0.6 is 0 Å². The van der Waals surface area contributed by atoms with Gasteiger partial charge in [-0.25, -0.2) is 18.7 Å². The van der Waals surface area contributed by atoms with E-state index in [0.29, 0.717) is 33.7 Å². The number of aliphatic hydroxyl groups is 1. The number of pyridine rings is 3. The van der Waals surface area contributed by atoms with Crippen LogP contribution in [0.5, 0.6) is 0 Å². The van der Waals surface area contributed by atoms with Crippen molar-refractivity contribution in [1.82, 2.24) is 34.3 Å². The summed E-state index contributed by atoms with van der Waals surface area (Å²) in [5.41, 5.74) is 1.97. The maximum absolute atomic E-state index is 14.2. The first-order valence-electron chi connectivity index (χ1n) is 11.4. The lowest BCUT2D eigenvalue weighted by Gasteiger charge is -2.17. The van der Waals surface area contributed by atoms with Crippen LogP contribution in [0.25, 0.3) is 28.0 Å². The van der Waals surface area contributed by atoms with Crippen LogP contribution in [-0.2, 0) is 12.1 Å². The van der Waals surface area contributed by atoms with Gasteiger partial charge in [-0.15, -0.1) is 0 Å². The molecule has 5 aromatic heterocycles. The monoisotopic (exact) mass is 503 g/mol. The number of halogens is 2. The Labute approximate surface area is 210 Å². The van der Waals surface area contributed by atoms with E-state index in [2.05, 4.69) is 25.0 Å². The van der Waals surface area contributed by atoms with Crippen LogP contribution in [0.15, 0.2) is 53.8 Å². The van der Waals surface area contributed by atoms with Gasteiger partial charge in [-0.1, -0.05) is 0 Å². The Morgan fingerprint density at radius 2 is 1.78 bits per heavy atom. The number of aromatic nitrogens is 7. The largest absolute Gasteiger partial charge is 0.382 e. The normalized spacial score (nSPS) is 11.9. The molecular weight excluding hydrogens is 480 g/mol. The summed E-state index contributed by atoms with van der Waals surface area (Å²) in [5.74, 6) is -1.30. The first-order chi connectivity index (χ1) is 17.5. The molecule has 0 radical (unpaired) electrons. The summed E-state index contributed by atoms with van der Waals surface area (Å²) >= 11 is 0. The summed E-state index contributed by atoms with van der Waals surface area (Å²) in [5, 5.41) is 14.9. The molecule has 188 valence electrons. The zero-order valence-electron chi connectivity index (χ0n) is 20.6. The molecule has 0 aliphatic carbocycles. The highest BCUT2D eigenvalue weighted by molar-refractivity contribution is 5.79. The van der Waals surface area contributed by atoms with Crippen molar-refractivity contribution in [1.29, 1.82) is 0 Å². The maximum atomic E-state index is 14.2. The van der Waals surface area contributed by atoms with Gasteiger partial charge in [0.1, 0.15) is 17.2 Å². The van der Waals surface area contributed by atoms with Gasteiger partial charge in [0.15, 0.2) is 5.82 Å². The minimum absolute atomic E-state index is 0.0122. The number of hydrogen-bond donors (Lipinski definition) is 1. The number of aryl methyl sites for hydroxylation is 2. The van der Waals surface area contributed by atoms with Gasteiger partial charge < -0.3 is 5.11 Å². The third kappa shape index (κ3) is 4.49. The molecule has 0 saturated heterocycles. The number of rotatable bonds is 5. The van der Waals surface area contributed by atoms with Crippen molar-refractivity contribution in [3.63, 3.8) is 0 Å². The molecule has 37 heavy (non-hydrogen) atoms. The molecule has 0 aliphatic rings. The van der Waals surface area contributed by atoms with Crippen LogP contribution in [0.2, 0.25) is 0 Å². The lowest BCUT2D eigenvalue weighted by molar-refractivity contribution is 0.0688. The summed E-state index contributed by atoms with van der Waals surface area (Å²) in [6.45, 7) is 6.76. The molecule has 0 aromatic carbocycles. The Kier molecular flexibility index (Phi) is 5.87. The second kappa shape index (κ2) is 8.93. The first kappa shape index (κ1) is 24.3. The Hall–Kier alpha value is -4.38. The minimum Gasteiger partial charge on any atom is -0.382 e. The van der Waals surface area contributed by atoms with Crippen molar-refractivity contribution < 1.29 is 13.9 Å². The van der Waals surface area contributed by atoms with Gasteiger partial charge in [-0.05, 0) is 51.5 Å². The van der Waals surface area contributed by atoms with Gasteiger partial charge in [0.2, 0.25) is 0 Å². The van der Waals surface area contributed by atoms with Gasteiger partial charge in [0.25, 0.3) is 5.56 Å². The van der Waals surface area contributed by atoms with Gasteiger partial charge >= 0.3 is 0 Å². The highest BCUT2D eigenvalue weighted by Crippen LogP contribution is 2.24.